The Morgan fingerprint density at radius 2 is 2.09 bits per heavy atom. The zero-order valence-corrected chi connectivity index (χ0v) is 7.90. The van der Waals surface area contributed by atoms with E-state index in [1.165, 1.54) is 32.1 Å². The maximum atomic E-state index is 5.54. The van der Waals surface area contributed by atoms with Crippen LogP contribution in [-0.4, -0.2) is 6.54 Å². The summed E-state index contributed by atoms with van der Waals surface area (Å²) in [6, 6.07) is 0. The van der Waals surface area contributed by atoms with Crippen LogP contribution in [0.15, 0.2) is 0 Å². The van der Waals surface area contributed by atoms with E-state index >= 15 is 0 Å². The maximum absolute atomic E-state index is 5.54. The molecule has 0 heterocycles. The predicted octanol–water partition coefficient (Wildman–Crippen LogP) is 2.55. The molecular formula is C10H21N. The van der Waals surface area contributed by atoms with Crippen LogP contribution in [0.2, 0.25) is 0 Å². The molecule has 1 nitrogen and oxygen atoms in total. The summed E-state index contributed by atoms with van der Waals surface area (Å²) in [7, 11) is 0. The normalized spacial score (nSPS) is 23.2. The molecule has 1 unspecified atom stereocenters. The first-order valence-electron chi connectivity index (χ1n) is 4.90. The SMILES string of the molecule is CCC(CCN)CC1(C)CC1. The molecule has 0 aliphatic heterocycles. The van der Waals surface area contributed by atoms with Gasteiger partial charge in [-0.2, -0.15) is 0 Å². The van der Waals surface area contributed by atoms with Crippen molar-refractivity contribution in [1.29, 1.82) is 0 Å². The van der Waals surface area contributed by atoms with Gasteiger partial charge in [0.1, 0.15) is 0 Å². The van der Waals surface area contributed by atoms with Gasteiger partial charge in [-0.25, -0.2) is 0 Å². The van der Waals surface area contributed by atoms with Crippen molar-refractivity contribution in [2.75, 3.05) is 6.54 Å². The molecule has 2 N–H and O–H groups in total. The van der Waals surface area contributed by atoms with Crippen molar-refractivity contribution < 1.29 is 0 Å². The third-order valence-electron chi connectivity index (χ3n) is 3.04. The second kappa shape index (κ2) is 3.57. The van der Waals surface area contributed by atoms with Crippen LogP contribution in [-0.2, 0) is 0 Å². The standard InChI is InChI=1S/C10H21N/c1-3-9(4-7-11)8-10(2)5-6-10/h9H,3-8,11H2,1-2H3. The molecule has 66 valence electrons. The molecule has 0 radical (unpaired) electrons. The van der Waals surface area contributed by atoms with Gasteiger partial charge >= 0.3 is 0 Å². The van der Waals surface area contributed by atoms with Gasteiger partial charge in [-0.15, -0.1) is 0 Å². The van der Waals surface area contributed by atoms with Crippen molar-refractivity contribution >= 4 is 0 Å². The Morgan fingerprint density at radius 1 is 1.45 bits per heavy atom. The van der Waals surface area contributed by atoms with Crippen molar-refractivity contribution in [3.8, 4) is 0 Å². The highest BCUT2D eigenvalue weighted by Crippen LogP contribution is 2.50. The van der Waals surface area contributed by atoms with E-state index in [-0.39, 0.29) is 0 Å². The van der Waals surface area contributed by atoms with Crippen molar-refractivity contribution in [3.05, 3.63) is 0 Å². The molecule has 0 spiro atoms. The van der Waals surface area contributed by atoms with Crippen LogP contribution in [0.5, 0.6) is 0 Å². The lowest BCUT2D eigenvalue weighted by Gasteiger charge is -2.17. The highest BCUT2D eigenvalue weighted by atomic mass is 14.5. The van der Waals surface area contributed by atoms with E-state index in [1.807, 2.05) is 0 Å². The van der Waals surface area contributed by atoms with E-state index in [4.69, 9.17) is 5.73 Å². The third kappa shape index (κ3) is 2.82. The molecule has 0 saturated heterocycles. The molecule has 1 saturated carbocycles. The lowest BCUT2D eigenvalue weighted by Crippen LogP contribution is -2.11. The average molecular weight is 155 g/mol. The number of hydrogen-bond acceptors (Lipinski definition) is 1. The minimum absolute atomic E-state index is 0.718. The highest BCUT2D eigenvalue weighted by Gasteiger charge is 2.38. The molecule has 1 atom stereocenters. The molecule has 1 heteroatoms. The third-order valence-corrected chi connectivity index (χ3v) is 3.04. The van der Waals surface area contributed by atoms with Gasteiger partial charge in [-0.05, 0) is 43.6 Å². The molecule has 1 fully saturated rings. The van der Waals surface area contributed by atoms with Gasteiger partial charge in [0.25, 0.3) is 0 Å². The Kier molecular flexibility index (Phi) is 2.94. The summed E-state index contributed by atoms with van der Waals surface area (Å²) in [6.07, 6.45) is 6.86. The van der Waals surface area contributed by atoms with E-state index < -0.39 is 0 Å². The van der Waals surface area contributed by atoms with Gasteiger partial charge in [0.2, 0.25) is 0 Å². The molecule has 0 aromatic rings. The van der Waals surface area contributed by atoms with Crippen LogP contribution < -0.4 is 5.73 Å². The Balaban J connectivity index is 2.20. The molecule has 1 aliphatic rings. The fraction of sp³-hybridized carbons (Fsp3) is 1.00. The van der Waals surface area contributed by atoms with Crippen molar-refractivity contribution in [3.63, 3.8) is 0 Å². The van der Waals surface area contributed by atoms with Gasteiger partial charge in [0.05, 0.1) is 0 Å². The van der Waals surface area contributed by atoms with Gasteiger partial charge in [-0.1, -0.05) is 20.3 Å². The van der Waals surface area contributed by atoms with E-state index in [1.54, 1.807) is 0 Å². The first-order chi connectivity index (χ1) is 5.20. The molecule has 0 bridgehead atoms. The van der Waals surface area contributed by atoms with Crippen molar-refractivity contribution in [2.24, 2.45) is 17.1 Å². The number of rotatable bonds is 5. The zero-order valence-electron chi connectivity index (χ0n) is 7.90. The Labute approximate surface area is 70.4 Å². The summed E-state index contributed by atoms with van der Waals surface area (Å²) < 4.78 is 0. The summed E-state index contributed by atoms with van der Waals surface area (Å²) in [5.74, 6) is 0.896. The smallest absolute Gasteiger partial charge is 0.00746 e. The molecule has 0 aromatic heterocycles. The second-order valence-electron chi connectivity index (χ2n) is 4.37. The molecular weight excluding hydrogens is 134 g/mol. The lowest BCUT2D eigenvalue weighted by molar-refractivity contribution is 0.350. The highest BCUT2D eigenvalue weighted by molar-refractivity contribution is 4.89. The Hall–Kier alpha value is -0.0400. The molecule has 0 aromatic carbocycles. The second-order valence-corrected chi connectivity index (χ2v) is 4.37. The van der Waals surface area contributed by atoms with Crippen molar-refractivity contribution in [1.82, 2.24) is 0 Å². The van der Waals surface area contributed by atoms with Crippen LogP contribution in [0.3, 0.4) is 0 Å². The van der Waals surface area contributed by atoms with E-state index in [2.05, 4.69) is 13.8 Å². The van der Waals surface area contributed by atoms with E-state index in [9.17, 15) is 0 Å². The van der Waals surface area contributed by atoms with Crippen LogP contribution in [0, 0.1) is 11.3 Å². The Bertz CT molecular complexity index is 116. The summed E-state index contributed by atoms with van der Waals surface area (Å²) in [4.78, 5) is 0. The lowest BCUT2D eigenvalue weighted by atomic mass is 9.89. The minimum Gasteiger partial charge on any atom is -0.330 e. The molecule has 0 amide bonds. The molecule has 1 aliphatic carbocycles. The molecule has 11 heavy (non-hydrogen) atoms. The minimum atomic E-state index is 0.718. The number of hydrogen-bond donors (Lipinski definition) is 1. The van der Waals surface area contributed by atoms with Crippen LogP contribution in [0.4, 0.5) is 0 Å². The fourth-order valence-corrected chi connectivity index (χ4v) is 1.80. The van der Waals surface area contributed by atoms with E-state index in [0.717, 1.165) is 17.9 Å². The predicted molar refractivity (Wildman–Crippen MR) is 49.4 cm³/mol. The number of nitrogens with two attached hydrogens (primary N) is 1. The largest absolute Gasteiger partial charge is 0.330 e. The first kappa shape index (κ1) is 9.05. The van der Waals surface area contributed by atoms with Gasteiger partial charge in [0.15, 0.2) is 0 Å². The summed E-state index contributed by atoms with van der Waals surface area (Å²) in [5.41, 5.74) is 6.26. The van der Waals surface area contributed by atoms with Gasteiger partial charge in [-0.3, -0.25) is 0 Å². The topological polar surface area (TPSA) is 26.0 Å². The summed E-state index contributed by atoms with van der Waals surface area (Å²) >= 11 is 0. The van der Waals surface area contributed by atoms with Gasteiger partial charge in [0, 0.05) is 0 Å². The Morgan fingerprint density at radius 3 is 2.45 bits per heavy atom. The van der Waals surface area contributed by atoms with Crippen molar-refractivity contribution in [2.45, 2.75) is 46.0 Å². The van der Waals surface area contributed by atoms with Crippen LogP contribution in [0.25, 0.3) is 0 Å². The maximum Gasteiger partial charge on any atom is -0.00746 e. The van der Waals surface area contributed by atoms with Crippen LogP contribution >= 0.6 is 0 Å². The zero-order chi connectivity index (χ0) is 8.32. The van der Waals surface area contributed by atoms with Crippen LogP contribution in [0.1, 0.15) is 46.0 Å². The molecule has 1 rings (SSSR count). The first-order valence-corrected chi connectivity index (χ1v) is 4.90. The van der Waals surface area contributed by atoms with Gasteiger partial charge < -0.3 is 5.73 Å². The fourth-order valence-electron chi connectivity index (χ4n) is 1.80. The summed E-state index contributed by atoms with van der Waals surface area (Å²) in [6.45, 7) is 5.56. The van der Waals surface area contributed by atoms with E-state index in [0.29, 0.717) is 0 Å². The average Bonchev–Trinajstić information content (AvgIpc) is 2.68. The monoisotopic (exact) mass is 155 g/mol. The quantitative estimate of drug-likeness (QED) is 0.648. The summed E-state index contributed by atoms with van der Waals surface area (Å²) in [5, 5.41) is 0.